The van der Waals surface area contributed by atoms with E-state index in [9.17, 15) is 0 Å². The Morgan fingerprint density at radius 1 is 1.50 bits per heavy atom. The maximum absolute atomic E-state index is 5.26. The van der Waals surface area contributed by atoms with Crippen molar-refractivity contribution in [2.24, 2.45) is 5.73 Å². The van der Waals surface area contributed by atoms with E-state index in [1.165, 1.54) is 0 Å². The molecule has 0 saturated carbocycles. The van der Waals surface area contributed by atoms with Crippen molar-refractivity contribution in [2.75, 3.05) is 6.54 Å². The summed E-state index contributed by atoms with van der Waals surface area (Å²) in [6.45, 7) is 0.660. The molecule has 0 amide bonds. The number of aromatic amines is 1. The molecule has 0 atom stereocenters. The second-order valence-electron chi connectivity index (χ2n) is 1.57. The van der Waals surface area contributed by atoms with E-state index in [1.54, 1.807) is 12.4 Å². The Labute approximate surface area is 72.2 Å². The molecule has 0 bridgehead atoms. The Balaban J connectivity index is 0. The highest BCUT2D eigenvalue weighted by atomic mass is 35.5. The molecule has 0 radical (unpaired) electrons. The van der Waals surface area contributed by atoms with Gasteiger partial charge in [-0.3, -0.25) is 0 Å². The summed E-state index contributed by atoms with van der Waals surface area (Å²) in [6.07, 6.45) is 4.36. The van der Waals surface area contributed by atoms with Crippen molar-refractivity contribution in [1.82, 2.24) is 9.97 Å². The van der Waals surface area contributed by atoms with Gasteiger partial charge in [0.1, 0.15) is 5.82 Å². The van der Waals surface area contributed by atoms with Crippen molar-refractivity contribution in [3.63, 3.8) is 0 Å². The summed E-state index contributed by atoms with van der Waals surface area (Å²) < 4.78 is 0. The molecule has 0 aliphatic rings. The molecule has 3 nitrogen and oxygen atoms in total. The Morgan fingerprint density at radius 2 is 2.20 bits per heavy atom. The predicted molar refractivity (Wildman–Crippen MR) is 45.8 cm³/mol. The zero-order valence-electron chi connectivity index (χ0n) is 5.41. The van der Waals surface area contributed by atoms with E-state index in [0.29, 0.717) is 6.54 Å². The number of nitrogens with zero attached hydrogens (tertiary/aromatic N) is 1. The van der Waals surface area contributed by atoms with Gasteiger partial charge in [0.25, 0.3) is 0 Å². The lowest BCUT2D eigenvalue weighted by atomic mass is 10.4. The number of halogens is 2. The van der Waals surface area contributed by atoms with Gasteiger partial charge in [-0.05, 0) is 6.54 Å². The first-order valence-electron chi connectivity index (χ1n) is 2.62. The van der Waals surface area contributed by atoms with Crippen molar-refractivity contribution in [1.29, 1.82) is 0 Å². The Kier molecular flexibility index (Phi) is 8.53. The van der Waals surface area contributed by atoms with E-state index in [2.05, 4.69) is 9.97 Å². The van der Waals surface area contributed by atoms with Gasteiger partial charge in [0.15, 0.2) is 0 Å². The molecule has 0 spiro atoms. The quantitative estimate of drug-likeness (QED) is 0.712. The number of imidazole rings is 1. The van der Waals surface area contributed by atoms with Gasteiger partial charge in [0.05, 0.1) is 0 Å². The lowest BCUT2D eigenvalue weighted by Crippen LogP contribution is -2.03. The van der Waals surface area contributed by atoms with Crippen molar-refractivity contribution in [3.05, 3.63) is 18.2 Å². The first-order chi connectivity index (χ1) is 3.93. The molecular formula is C5H11Cl2N3. The maximum atomic E-state index is 5.26. The van der Waals surface area contributed by atoms with E-state index in [4.69, 9.17) is 5.73 Å². The molecule has 1 rings (SSSR count). The first kappa shape index (κ1) is 12.4. The summed E-state index contributed by atoms with van der Waals surface area (Å²) in [6, 6.07) is 0. The van der Waals surface area contributed by atoms with Crippen molar-refractivity contribution < 1.29 is 0 Å². The third-order valence-corrected chi connectivity index (χ3v) is 0.936. The molecule has 1 aromatic rings. The second kappa shape index (κ2) is 6.86. The van der Waals surface area contributed by atoms with Crippen LogP contribution in [0.3, 0.4) is 0 Å². The molecule has 0 aliphatic carbocycles. The summed E-state index contributed by atoms with van der Waals surface area (Å²) in [5.74, 6) is 0.965. The summed E-state index contributed by atoms with van der Waals surface area (Å²) in [4.78, 5) is 6.92. The van der Waals surface area contributed by atoms with Gasteiger partial charge < -0.3 is 10.7 Å². The number of rotatable bonds is 2. The highest BCUT2D eigenvalue weighted by molar-refractivity contribution is 5.85. The zero-order valence-corrected chi connectivity index (χ0v) is 7.04. The fourth-order valence-electron chi connectivity index (χ4n) is 0.571. The average molecular weight is 184 g/mol. The van der Waals surface area contributed by atoms with Crippen LogP contribution >= 0.6 is 24.8 Å². The Hall–Kier alpha value is -0.250. The fourth-order valence-corrected chi connectivity index (χ4v) is 0.571. The van der Waals surface area contributed by atoms with Crippen molar-refractivity contribution >= 4 is 24.8 Å². The van der Waals surface area contributed by atoms with Crippen LogP contribution in [-0.4, -0.2) is 16.5 Å². The van der Waals surface area contributed by atoms with E-state index in [0.717, 1.165) is 12.2 Å². The third-order valence-electron chi connectivity index (χ3n) is 0.936. The molecule has 60 valence electrons. The van der Waals surface area contributed by atoms with Crippen LogP contribution in [0, 0.1) is 0 Å². The van der Waals surface area contributed by atoms with E-state index >= 15 is 0 Å². The number of nitrogens with one attached hydrogen (secondary N) is 1. The van der Waals surface area contributed by atoms with Gasteiger partial charge >= 0.3 is 0 Å². The molecule has 5 heteroatoms. The highest BCUT2D eigenvalue weighted by Crippen LogP contribution is 1.85. The van der Waals surface area contributed by atoms with Gasteiger partial charge in [-0.15, -0.1) is 24.8 Å². The van der Waals surface area contributed by atoms with Gasteiger partial charge in [-0.1, -0.05) is 0 Å². The second-order valence-corrected chi connectivity index (χ2v) is 1.57. The van der Waals surface area contributed by atoms with Crippen LogP contribution in [-0.2, 0) is 6.42 Å². The minimum absolute atomic E-state index is 0. The number of H-pyrrole nitrogens is 1. The monoisotopic (exact) mass is 183 g/mol. The first-order valence-corrected chi connectivity index (χ1v) is 2.62. The Bertz CT molecular complexity index is 141. The standard InChI is InChI=1S/C5H9N3.2ClH/c6-2-1-5-7-3-4-8-5;;/h3-4H,1-2,6H2,(H,7,8);2*1H. The van der Waals surface area contributed by atoms with Gasteiger partial charge in [0, 0.05) is 18.8 Å². The minimum Gasteiger partial charge on any atom is -0.349 e. The van der Waals surface area contributed by atoms with E-state index in [1.807, 2.05) is 0 Å². The average Bonchev–Trinajstić information content (AvgIpc) is 2.19. The lowest BCUT2D eigenvalue weighted by Gasteiger charge is -1.86. The summed E-state index contributed by atoms with van der Waals surface area (Å²) in [7, 11) is 0. The molecule has 0 aromatic carbocycles. The fraction of sp³-hybridized carbons (Fsp3) is 0.400. The van der Waals surface area contributed by atoms with Gasteiger partial charge in [-0.2, -0.15) is 0 Å². The van der Waals surface area contributed by atoms with Crippen LogP contribution in [0.25, 0.3) is 0 Å². The minimum atomic E-state index is 0. The van der Waals surface area contributed by atoms with Crippen LogP contribution in [0.5, 0.6) is 0 Å². The van der Waals surface area contributed by atoms with Crippen molar-refractivity contribution in [3.8, 4) is 0 Å². The molecule has 10 heavy (non-hydrogen) atoms. The molecule has 0 unspecified atom stereocenters. The van der Waals surface area contributed by atoms with Crippen LogP contribution in [0.1, 0.15) is 5.82 Å². The topological polar surface area (TPSA) is 54.7 Å². The van der Waals surface area contributed by atoms with Gasteiger partial charge in [-0.25, -0.2) is 4.98 Å². The summed E-state index contributed by atoms with van der Waals surface area (Å²) in [5, 5.41) is 0. The number of hydrogen-bond donors (Lipinski definition) is 2. The van der Waals surface area contributed by atoms with Crippen LogP contribution in [0.15, 0.2) is 12.4 Å². The van der Waals surface area contributed by atoms with Crippen molar-refractivity contribution in [2.45, 2.75) is 6.42 Å². The Morgan fingerprint density at radius 3 is 2.60 bits per heavy atom. The normalized spacial score (nSPS) is 7.70. The molecule has 1 aromatic heterocycles. The van der Waals surface area contributed by atoms with Crippen LogP contribution in [0.4, 0.5) is 0 Å². The molecule has 3 N–H and O–H groups in total. The molecular weight excluding hydrogens is 173 g/mol. The number of nitrogens with two attached hydrogens (primary N) is 1. The molecule has 0 fully saturated rings. The molecule has 0 aliphatic heterocycles. The smallest absolute Gasteiger partial charge is 0.107 e. The number of hydrogen-bond acceptors (Lipinski definition) is 2. The van der Waals surface area contributed by atoms with Crippen LogP contribution in [0.2, 0.25) is 0 Å². The summed E-state index contributed by atoms with van der Waals surface area (Å²) in [5.41, 5.74) is 5.26. The van der Waals surface area contributed by atoms with Crippen LogP contribution < -0.4 is 5.73 Å². The SMILES string of the molecule is Cl.Cl.NCCc1ncc[nH]1. The number of aromatic nitrogens is 2. The lowest BCUT2D eigenvalue weighted by molar-refractivity contribution is 0.894. The largest absolute Gasteiger partial charge is 0.349 e. The van der Waals surface area contributed by atoms with E-state index in [-0.39, 0.29) is 24.8 Å². The molecule has 0 saturated heterocycles. The van der Waals surface area contributed by atoms with Gasteiger partial charge in [0.2, 0.25) is 0 Å². The zero-order chi connectivity index (χ0) is 5.82. The maximum Gasteiger partial charge on any atom is 0.107 e. The molecule has 1 heterocycles. The summed E-state index contributed by atoms with van der Waals surface area (Å²) >= 11 is 0. The third kappa shape index (κ3) is 3.71. The highest BCUT2D eigenvalue weighted by Gasteiger charge is 1.87. The van der Waals surface area contributed by atoms with E-state index < -0.39 is 0 Å². The predicted octanol–water partition coefficient (Wildman–Crippen LogP) is 0.755.